The van der Waals surface area contributed by atoms with Crippen molar-refractivity contribution in [1.82, 2.24) is 19.6 Å². The normalized spacial score (nSPS) is 21.4. The molecule has 0 spiro atoms. The van der Waals surface area contributed by atoms with Gasteiger partial charge in [-0.2, -0.15) is 0 Å². The monoisotopic (exact) mass is 498 g/mol. The Morgan fingerprint density at radius 1 is 1.18 bits per heavy atom. The van der Waals surface area contributed by atoms with Crippen molar-refractivity contribution in [2.75, 3.05) is 36.5 Å². The summed E-state index contributed by atoms with van der Waals surface area (Å²) < 4.78 is 8.43. The van der Waals surface area contributed by atoms with Gasteiger partial charge in [0, 0.05) is 19.5 Å². The lowest BCUT2D eigenvalue weighted by Gasteiger charge is -2.27. The van der Waals surface area contributed by atoms with Crippen LogP contribution in [0.2, 0.25) is 5.02 Å². The average molecular weight is 499 g/mol. The molecule has 2 fully saturated rings. The fourth-order valence-electron chi connectivity index (χ4n) is 4.85. The van der Waals surface area contributed by atoms with Gasteiger partial charge in [0.25, 0.3) is 0 Å². The van der Waals surface area contributed by atoms with Gasteiger partial charge in [0.1, 0.15) is 11.3 Å². The minimum absolute atomic E-state index is 0.0532. The number of hydrogen-bond donors (Lipinski definition) is 2. The first-order valence-electron chi connectivity index (χ1n) is 11.8. The Hall–Kier alpha value is -2.46. The van der Waals surface area contributed by atoms with Crippen LogP contribution in [-0.2, 0) is 11.2 Å². The summed E-state index contributed by atoms with van der Waals surface area (Å²) in [7, 11) is 0. The molecule has 1 aromatic carbocycles. The molecule has 4 heterocycles. The summed E-state index contributed by atoms with van der Waals surface area (Å²) >= 11 is 8.23. The molecule has 34 heavy (non-hydrogen) atoms. The Labute approximate surface area is 206 Å². The summed E-state index contributed by atoms with van der Waals surface area (Å²) in [6.45, 7) is 3.13. The number of rotatable bonds is 5. The SMILES string of the molecule is O[C@@H]1CCCC[C@H]1Nc1nc2c(Cl)cc(Cc3cnc4ccc(N5CCOCC5)nn34)cc2s1. The van der Waals surface area contributed by atoms with Crippen LogP contribution in [0.1, 0.15) is 36.9 Å². The van der Waals surface area contributed by atoms with Crippen LogP contribution in [0.15, 0.2) is 30.5 Å². The first-order chi connectivity index (χ1) is 16.6. The third-order valence-corrected chi connectivity index (χ3v) is 7.91. The number of aliphatic hydroxyl groups excluding tert-OH is 1. The summed E-state index contributed by atoms with van der Waals surface area (Å²) in [6, 6.07) is 8.21. The molecule has 8 nitrogen and oxygen atoms in total. The lowest BCUT2D eigenvalue weighted by Crippen LogP contribution is -2.37. The highest BCUT2D eigenvalue weighted by atomic mass is 35.5. The van der Waals surface area contributed by atoms with Crippen molar-refractivity contribution in [1.29, 1.82) is 0 Å². The van der Waals surface area contributed by atoms with E-state index in [2.05, 4.69) is 21.3 Å². The van der Waals surface area contributed by atoms with Crippen LogP contribution in [0.3, 0.4) is 0 Å². The van der Waals surface area contributed by atoms with Crippen molar-refractivity contribution < 1.29 is 9.84 Å². The van der Waals surface area contributed by atoms with Crippen molar-refractivity contribution >= 4 is 49.8 Å². The van der Waals surface area contributed by atoms with E-state index in [0.29, 0.717) is 11.4 Å². The molecule has 0 amide bonds. The molecule has 3 aromatic heterocycles. The van der Waals surface area contributed by atoms with Crippen LogP contribution in [0, 0.1) is 0 Å². The highest BCUT2D eigenvalue weighted by Gasteiger charge is 2.24. The van der Waals surface area contributed by atoms with E-state index >= 15 is 0 Å². The molecule has 10 heteroatoms. The fourth-order valence-corrected chi connectivity index (χ4v) is 6.20. The second-order valence-corrected chi connectivity index (χ2v) is 10.5. The maximum Gasteiger partial charge on any atom is 0.184 e. The molecule has 2 N–H and O–H groups in total. The minimum Gasteiger partial charge on any atom is -0.391 e. The van der Waals surface area contributed by atoms with Crippen LogP contribution in [0.5, 0.6) is 0 Å². The van der Waals surface area contributed by atoms with Gasteiger partial charge in [-0.15, -0.1) is 5.10 Å². The van der Waals surface area contributed by atoms with E-state index in [4.69, 9.17) is 26.4 Å². The number of aromatic nitrogens is 4. The molecule has 2 aliphatic rings. The van der Waals surface area contributed by atoms with Crippen LogP contribution in [-0.4, -0.2) is 63.1 Å². The van der Waals surface area contributed by atoms with Crippen LogP contribution in [0.25, 0.3) is 15.9 Å². The average Bonchev–Trinajstić information content (AvgIpc) is 3.45. The zero-order valence-electron chi connectivity index (χ0n) is 18.8. The molecule has 1 aliphatic carbocycles. The van der Waals surface area contributed by atoms with Gasteiger partial charge < -0.3 is 20.1 Å². The van der Waals surface area contributed by atoms with Gasteiger partial charge in [-0.05, 0) is 42.7 Å². The van der Waals surface area contributed by atoms with Gasteiger partial charge in [0.05, 0.1) is 47.0 Å². The highest BCUT2D eigenvalue weighted by molar-refractivity contribution is 7.22. The highest BCUT2D eigenvalue weighted by Crippen LogP contribution is 2.34. The number of nitrogens with zero attached hydrogens (tertiary/aromatic N) is 5. The van der Waals surface area contributed by atoms with Crippen molar-refractivity contribution in [3.8, 4) is 0 Å². The van der Waals surface area contributed by atoms with Crippen molar-refractivity contribution in [2.24, 2.45) is 0 Å². The van der Waals surface area contributed by atoms with E-state index in [1.54, 1.807) is 11.3 Å². The number of morpholine rings is 1. The van der Waals surface area contributed by atoms with E-state index in [1.807, 2.05) is 28.9 Å². The van der Waals surface area contributed by atoms with Gasteiger partial charge in [-0.25, -0.2) is 14.5 Å². The van der Waals surface area contributed by atoms with Gasteiger partial charge in [-0.3, -0.25) is 0 Å². The third-order valence-electron chi connectivity index (χ3n) is 6.69. The maximum atomic E-state index is 10.3. The smallest absolute Gasteiger partial charge is 0.184 e. The number of hydrogen-bond acceptors (Lipinski definition) is 8. The van der Waals surface area contributed by atoms with Crippen molar-refractivity contribution in [2.45, 2.75) is 44.2 Å². The number of aliphatic hydroxyl groups is 1. The van der Waals surface area contributed by atoms with Crippen LogP contribution in [0.4, 0.5) is 10.9 Å². The standard InChI is InChI=1S/C24H27ClN6O2S/c25-17-12-15(13-20-23(17)28-24(34-20)27-18-3-1-2-4-19(18)32)11-16-14-26-21-5-6-22(29-31(16)21)30-7-9-33-10-8-30/h5-6,12-14,18-19,32H,1-4,7-11H2,(H,27,28)/t18-,19-/m1/s1. The zero-order chi connectivity index (χ0) is 23.1. The van der Waals surface area contributed by atoms with E-state index in [0.717, 1.165) is 90.1 Å². The number of benzene rings is 1. The number of thiazole rings is 1. The predicted octanol–water partition coefficient (Wildman–Crippen LogP) is 4.14. The molecule has 1 aliphatic heterocycles. The Bertz CT molecular complexity index is 1320. The van der Waals surface area contributed by atoms with Crippen LogP contribution >= 0.6 is 22.9 Å². The first kappa shape index (κ1) is 22.0. The molecule has 4 aromatic rings. The molecule has 178 valence electrons. The minimum atomic E-state index is -0.322. The lowest BCUT2D eigenvalue weighted by molar-refractivity contribution is 0.116. The Balaban J connectivity index is 1.26. The van der Waals surface area contributed by atoms with Gasteiger partial charge >= 0.3 is 0 Å². The number of anilines is 2. The predicted molar refractivity (Wildman–Crippen MR) is 135 cm³/mol. The van der Waals surface area contributed by atoms with E-state index < -0.39 is 0 Å². The molecule has 6 rings (SSSR count). The molecule has 2 atom stereocenters. The number of fused-ring (bicyclic) bond motifs is 2. The molecular formula is C24H27ClN6O2S. The van der Waals surface area contributed by atoms with Crippen molar-refractivity contribution in [3.05, 3.63) is 46.7 Å². The molecule has 0 unspecified atom stereocenters. The number of nitrogens with one attached hydrogen (secondary N) is 1. The van der Waals surface area contributed by atoms with Crippen LogP contribution < -0.4 is 10.2 Å². The summed E-state index contributed by atoms with van der Waals surface area (Å²) in [5.74, 6) is 0.937. The molecule has 1 saturated carbocycles. The summed E-state index contributed by atoms with van der Waals surface area (Å²) in [5.41, 5.74) is 3.73. The summed E-state index contributed by atoms with van der Waals surface area (Å²) in [4.78, 5) is 11.5. The lowest BCUT2D eigenvalue weighted by atomic mass is 9.93. The largest absolute Gasteiger partial charge is 0.391 e. The van der Waals surface area contributed by atoms with Crippen molar-refractivity contribution in [3.63, 3.8) is 0 Å². The topological polar surface area (TPSA) is 87.8 Å². The first-order valence-corrected chi connectivity index (χ1v) is 13.0. The number of halogens is 1. The molecule has 0 radical (unpaired) electrons. The molecular weight excluding hydrogens is 472 g/mol. The van der Waals surface area contributed by atoms with E-state index in [9.17, 15) is 5.11 Å². The van der Waals surface area contributed by atoms with E-state index in [-0.39, 0.29) is 12.1 Å². The molecule has 0 bridgehead atoms. The van der Waals surface area contributed by atoms with E-state index in [1.165, 1.54) is 0 Å². The Kier molecular flexibility index (Phi) is 6.02. The third kappa shape index (κ3) is 4.33. The van der Waals surface area contributed by atoms with Gasteiger partial charge in [0.15, 0.2) is 10.8 Å². The van der Waals surface area contributed by atoms with Gasteiger partial charge in [-0.1, -0.05) is 35.8 Å². The number of ether oxygens (including phenoxy) is 1. The number of imidazole rings is 1. The zero-order valence-corrected chi connectivity index (χ0v) is 20.4. The summed E-state index contributed by atoms with van der Waals surface area (Å²) in [6.07, 6.45) is 6.24. The molecule has 1 saturated heterocycles. The second kappa shape index (κ2) is 9.30. The second-order valence-electron chi connectivity index (χ2n) is 9.03. The quantitative estimate of drug-likeness (QED) is 0.427. The Morgan fingerprint density at radius 2 is 2.03 bits per heavy atom. The maximum absolute atomic E-state index is 10.3. The van der Waals surface area contributed by atoms with Gasteiger partial charge in [0.2, 0.25) is 0 Å². The summed E-state index contributed by atoms with van der Waals surface area (Å²) in [5, 5.41) is 20.0. The fraction of sp³-hybridized carbons (Fsp3) is 0.458. The Morgan fingerprint density at radius 3 is 2.88 bits per heavy atom.